The van der Waals surface area contributed by atoms with E-state index in [1.165, 1.54) is 63.9 Å². The molecule has 0 aliphatic heterocycles. The lowest BCUT2D eigenvalue weighted by Gasteiger charge is -2.10. The van der Waals surface area contributed by atoms with Gasteiger partial charge >= 0.3 is 0 Å². The zero-order valence-electron chi connectivity index (χ0n) is 11.9. The Morgan fingerprint density at radius 2 is 1.00 bits per heavy atom. The van der Waals surface area contributed by atoms with Gasteiger partial charge in [0.2, 0.25) is 0 Å². The number of hydrogen-bond acceptors (Lipinski definition) is 0. The predicted octanol–water partition coefficient (Wildman–Crippen LogP) is 2.43. The molecule has 0 fully saturated rings. The molecule has 0 amide bonds. The molecular formula is C14H32BrP. The molecule has 0 saturated carbocycles. The minimum atomic E-state index is -0.486. The quantitative estimate of drug-likeness (QED) is 0.429. The molecule has 0 atom stereocenters. The van der Waals surface area contributed by atoms with E-state index in [0.717, 1.165) is 0 Å². The molecule has 0 spiro atoms. The van der Waals surface area contributed by atoms with E-state index in [-0.39, 0.29) is 17.0 Å². The van der Waals surface area contributed by atoms with Crippen molar-refractivity contribution >= 4 is 7.26 Å². The summed E-state index contributed by atoms with van der Waals surface area (Å²) in [5.74, 6) is 0. The maximum Gasteiger partial charge on any atom is 0.0586 e. The highest BCUT2D eigenvalue weighted by molar-refractivity contribution is 7.73. The highest BCUT2D eigenvalue weighted by Crippen LogP contribution is 2.47. The number of hydrogen-bond donors (Lipinski definition) is 0. The lowest BCUT2D eigenvalue weighted by molar-refractivity contribution is -0.00000367. The highest BCUT2D eigenvalue weighted by atomic mass is 79.9. The molecule has 0 nitrogen and oxygen atoms in total. The van der Waals surface area contributed by atoms with E-state index < -0.39 is 7.26 Å². The summed E-state index contributed by atoms with van der Waals surface area (Å²) in [6, 6.07) is 0. The molecular weight excluding hydrogens is 279 g/mol. The Morgan fingerprint density at radius 1 is 0.625 bits per heavy atom. The van der Waals surface area contributed by atoms with Gasteiger partial charge < -0.3 is 17.0 Å². The lowest BCUT2D eigenvalue weighted by Crippen LogP contribution is -3.00. The van der Waals surface area contributed by atoms with Gasteiger partial charge in [0.15, 0.2) is 0 Å². The molecule has 0 saturated heterocycles. The second-order valence-electron chi connectivity index (χ2n) is 5.84. The van der Waals surface area contributed by atoms with Crippen molar-refractivity contribution in [3.8, 4) is 0 Å². The van der Waals surface area contributed by atoms with E-state index in [1.54, 1.807) is 0 Å². The summed E-state index contributed by atoms with van der Waals surface area (Å²) < 4.78 is 0. The van der Waals surface area contributed by atoms with Crippen LogP contribution in [0.25, 0.3) is 0 Å². The number of rotatable bonds is 10. The normalized spacial score (nSPS) is 11.2. The third kappa shape index (κ3) is 17.3. The van der Waals surface area contributed by atoms with Crippen molar-refractivity contribution in [3.05, 3.63) is 0 Å². The smallest absolute Gasteiger partial charge is 0.0586 e. The molecule has 0 heterocycles. The first-order valence-electron chi connectivity index (χ1n) is 6.86. The van der Waals surface area contributed by atoms with E-state index in [1.807, 2.05) is 0 Å². The largest absolute Gasteiger partial charge is 1.00 e. The molecule has 2 heteroatoms. The Kier molecular flexibility index (Phi) is 14.9. The van der Waals surface area contributed by atoms with Gasteiger partial charge in [0, 0.05) is 27.3 Å². The van der Waals surface area contributed by atoms with Crippen molar-refractivity contribution in [3.63, 3.8) is 0 Å². The van der Waals surface area contributed by atoms with Gasteiger partial charge in [-0.15, -0.1) is 0 Å². The topological polar surface area (TPSA) is 0 Å². The molecule has 0 aromatic heterocycles. The summed E-state index contributed by atoms with van der Waals surface area (Å²) >= 11 is 0. The van der Waals surface area contributed by atoms with Crippen LogP contribution < -0.4 is 17.0 Å². The Morgan fingerprint density at radius 3 is 1.38 bits per heavy atom. The van der Waals surface area contributed by atoms with Crippen LogP contribution in [0.2, 0.25) is 0 Å². The maximum absolute atomic E-state index is 2.46. The van der Waals surface area contributed by atoms with Crippen molar-refractivity contribution in [2.75, 3.05) is 26.2 Å². The third-order valence-corrected chi connectivity index (χ3v) is 4.59. The molecule has 0 unspecified atom stereocenters. The van der Waals surface area contributed by atoms with Gasteiger partial charge in [-0.1, -0.05) is 51.9 Å². The summed E-state index contributed by atoms with van der Waals surface area (Å²) in [7, 11) is -0.486. The van der Waals surface area contributed by atoms with Crippen LogP contribution >= 0.6 is 7.26 Å². The Hall–Kier alpha value is 0.910. The molecule has 0 N–H and O–H groups in total. The Bertz CT molecular complexity index is 129. The van der Waals surface area contributed by atoms with Crippen molar-refractivity contribution in [2.24, 2.45) is 0 Å². The lowest BCUT2D eigenvalue weighted by atomic mass is 10.1. The summed E-state index contributed by atoms with van der Waals surface area (Å²) in [5.41, 5.74) is 0. The second kappa shape index (κ2) is 12.4. The average Bonchev–Trinajstić information content (AvgIpc) is 2.14. The van der Waals surface area contributed by atoms with Gasteiger partial charge in [-0.05, 0) is 12.8 Å². The zero-order chi connectivity index (χ0) is 11.6. The Balaban J connectivity index is 0. The highest BCUT2D eigenvalue weighted by Gasteiger charge is 2.15. The van der Waals surface area contributed by atoms with E-state index >= 15 is 0 Å². The second-order valence-corrected chi connectivity index (χ2v) is 10.9. The van der Waals surface area contributed by atoms with Gasteiger partial charge in [0.05, 0.1) is 6.16 Å². The van der Waals surface area contributed by atoms with E-state index in [4.69, 9.17) is 0 Å². The SMILES string of the molecule is CCCCCCCCCCC[P+](C)(C)C.[Br-]. The molecule has 100 valence electrons. The fourth-order valence-electron chi connectivity index (χ4n) is 1.90. The zero-order valence-corrected chi connectivity index (χ0v) is 14.4. The van der Waals surface area contributed by atoms with Crippen molar-refractivity contribution in [2.45, 2.75) is 64.7 Å². The summed E-state index contributed by atoms with van der Waals surface area (Å²) in [6.45, 7) is 9.66. The molecule has 0 aromatic carbocycles. The van der Waals surface area contributed by atoms with Crippen LogP contribution in [0.1, 0.15) is 64.7 Å². The fourth-order valence-corrected chi connectivity index (χ4v) is 3.07. The minimum Gasteiger partial charge on any atom is -1.00 e. The minimum absolute atomic E-state index is 0. The van der Waals surface area contributed by atoms with Gasteiger partial charge in [-0.2, -0.15) is 0 Å². The Labute approximate surface area is 115 Å². The molecule has 0 aliphatic rings. The molecule has 0 bridgehead atoms. The first kappa shape index (κ1) is 19.3. The van der Waals surface area contributed by atoms with Crippen molar-refractivity contribution in [1.29, 1.82) is 0 Å². The van der Waals surface area contributed by atoms with Crippen LogP contribution in [0.15, 0.2) is 0 Å². The predicted molar refractivity (Wildman–Crippen MR) is 76.8 cm³/mol. The monoisotopic (exact) mass is 310 g/mol. The average molecular weight is 311 g/mol. The van der Waals surface area contributed by atoms with Crippen molar-refractivity contribution in [1.82, 2.24) is 0 Å². The third-order valence-electron chi connectivity index (χ3n) is 2.93. The van der Waals surface area contributed by atoms with Crippen LogP contribution in [0.5, 0.6) is 0 Å². The van der Waals surface area contributed by atoms with Gasteiger partial charge in [-0.25, -0.2) is 0 Å². The number of unbranched alkanes of at least 4 members (excludes halogenated alkanes) is 8. The standard InChI is InChI=1S/C14H32P.BrH/c1-5-6-7-8-9-10-11-12-13-14-15(2,3)4;/h5-14H2,1-4H3;1H/q+1;/p-1. The van der Waals surface area contributed by atoms with Crippen LogP contribution in [0.3, 0.4) is 0 Å². The summed E-state index contributed by atoms with van der Waals surface area (Å²) in [4.78, 5) is 0. The van der Waals surface area contributed by atoms with Gasteiger partial charge in [-0.3, -0.25) is 0 Å². The molecule has 0 radical (unpaired) electrons. The molecule has 16 heavy (non-hydrogen) atoms. The van der Waals surface area contributed by atoms with E-state index in [2.05, 4.69) is 26.9 Å². The molecule has 0 rings (SSSR count). The van der Waals surface area contributed by atoms with Crippen LogP contribution in [-0.4, -0.2) is 26.2 Å². The molecule has 0 aliphatic carbocycles. The van der Waals surface area contributed by atoms with Gasteiger partial charge in [0.25, 0.3) is 0 Å². The maximum atomic E-state index is 2.46. The van der Waals surface area contributed by atoms with Crippen molar-refractivity contribution < 1.29 is 17.0 Å². The summed E-state index contributed by atoms with van der Waals surface area (Å²) in [5, 5.41) is 0. The summed E-state index contributed by atoms with van der Waals surface area (Å²) in [6.07, 6.45) is 14.6. The fraction of sp³-hybridized carbons (Fsp3) is 1.00. The first-order chi connectivity index (χ1) is 7.06. The number of halogens is 1. The molecule has 0 aromatic rings. The van der Waals surface area contributed by atoms with E-state index in [9.17, 15) is 0 Å². The van der Waals surface area contributed by atoms with Crippen LogP contribution in [0, 0.1) is 0 Å². The van der Waals surface area contributed by atoms with E-state index in [0.29, 0.717) is 0 Å². The van der Waals surface area contributed by atoms with Crippen LogP contribution in [-0.2, 0) is 0 Å². The van der Waals surface area contributed by atoms with Crippen LogP contribution in [0.4, 0.5) is 0 Å². The van der Waals surface area contributed by atoms with Gasteiger partial charge in [0.1, 0.15) is 0 Å². The first-order valence-corrected chi connectivity index (χ1v) is 10.2.